The van der Waals surface area contributed by atoms with Gasteiger partial charge in [-0.05, 0) is 44.0 Å². The van der Waals surface area contributed by atoms with Gasteiger partial charge in [-0.25, -0.2) is 4.98 Å². The van der Waals surface area contributed by atoms with E-state index in [9.17, 15) is 9.59 Å². The Morgan fingerprint density at radius 2 is 1.96 bits per heavy atom. The standard InChI is InChI=1S/C22H20N2O4/c1-12-8-9-16-15(11-27-20(16)13(12)2)10-19(25)28-14(3)21-23-18-7-5-4-6-17(18)22(26)24-21/h4-9,11,14H,10H2,1-3H3,(H,23,24,26). The lowest BCUT2D eigenvalue weighted by Gasteiger charge is -2.13. The molecule has 1 atom stereocenters. The van der Waals surface area contributed by atoms with Crippen LogP contribution in [0.15, 0.2) is 51.9 Å². The van der Waals surface area contributed by atoms with Crippen molar-refractivity contribution >= 4 is 27.8 Å². The highest BCUT2D eigenvalue weighted by Crippen LogP contribution is 2.27. The first kappa shape index (κ1) is 18.0. The average Bonchev–Trinajstić information content (AvgIpc) is 3.08. The molecule has 0 aliphatic rings. The minimum atomic E-state index is -0.674. The van der Waals surface area contributed by atoms with Crippen molar-refractivity contribution in [1.29, 1.82) is 0 Å². The second kappa shape index (κ2) is 6.96. The third-order valence-corrected chi connectivity index (χ3v) is 5.00. The van der Waals surface area contributed by atoms with Gasteiger partial charge in [0.1, 0.15) is 5.58 Å². The van der Waals surface area contributed by atoms with Gasteiger partial charge >= 0.3 is 5.97 Å². The number of carbonyl (C=O) groups is 1. The molecule has 142 valence electrons. The summed E-state index contributed by atoms with van der Waals surface area (Å²) in [6.45, 7) is 5.70. The lowest BCUT2D eigenvalue weighted by atomic mass is 10.0. The molecule has 0 aliphatic heterocycles. The minimum absolute atomic E-state index is 0.0810. The first-order valence-corrected chi connectivity index (χ1v) is 9.08. The summed E-state index contributed by atoms with van der Waals surface area (Å²) in [5.74, 6) is -0.0928. The van der Waals surface area contributed by atoms with E-state index in [0.717, 1.165) is 27.7 Å². The lowest BCUT2D eigenvalue weighted by molar-refractivity contribution is -0.148. The summed E-state index contributed by atoms with van der Waals surface area (Å²) in [4.78, 5) is 31.8. The number of fused-ring (bicyclic) bond motifs is 2. The Hall–Kier alpha value is -3.41. The number of esters is 1. The number of rotatable bonds is 4. The van der Waals surface area contributed by atoms with Crippen LogP contribution in [0.3, 0.4) is 0 Å². The summed E-state index contributed by atoms with van der Waals surface area (Å²) in [5.41, 5.74) is 4.07. The smallest absolute Gasteiger partial charge is 0.311 e. The molecule has 2 heterocycles. The summed E-state index contributed by atoms with van der Waals surface area (Å²) >= 11 is 0. The van der Waals surface area contributed by atoms with E-state index >= 15 is 0 Å². The number of nitrogens with zero attached hydrogens (tertiary/aromatic N) is 1. The van der Waals surface area contributed by atoms with Crippen LogP contribution < -0.4 is 5.56 Å². The van der Waals surface area contributed by atoms with Crippen LogP contribution in [0.1, 0.15) is 35.5 Å². The van der Waals surface area contributed by atoms with Crippen molar-refractivity contribution in [2.75, 3.05) is 0 Å². The van der Waals surface area contributed by atoms with Gasteiger partial charge in [-0.2, -0.15) is 0 Å². The van der Waals surface area contributed by atoms with Crippen molar-refractivity contribution in [2.24, 2.45) is 0 Å². The van der Waals surface area contributed by atoms with Gasteiger partial charge in [0.05, 0.1) is 23.6 Å². The summed E-state index contributed by atoms with van der Waals surface area (Å²) in [6.07, 6.45) is 1.00. The van der Waals surface area contributed by atoms with Gasteiger partial charge in [-0.3, -0.25) is 9.59 Å². The molecule has 28 heavy (non-hydrogen) atoms. The van der Waals surface area contributed by atoms with Gasteiger partial charge in [0.25, 0.3) is 5.56 Å². The SMILES string of the molecule is Cc1ccc2c(CC(=O)OC(C)c3nc4ccccc4c(=O)[nH]3)coc2c1C. The van der Waals surface area contributed by atoms with Crippen LogP contribution in [0.5, 0.6) is 0 Å². The Balaban J connectivity index is 1.54. The van der Waals surface area contributed by atoms with Crippen LogP contribution in [0.25, 0.3) is 21.9 Å². The molecule has 0 amide bonds. The molecule has 4 rings (SSSR count). The van der Waals surface area contributed by atoms with E-state index < -0.39 is 12.1 Å². The Morgan fingerprint density at radius 3 is 2.79 bits per heavy atom. The first-order valence-electron chi connectivity index (χ1n) is 9.08. The molecule has 1 N–H and O–H groups in total. The quantitative estimate of drug-likeness (QED) is 0.541. The molecular weight excluding hydrogens is 356 g/mol. The van der Waals surface area contributed by atoms with Gasteiger partial charge in [0, 0.05) is 10.9 Å². The number of para-hydroxylation sites is 1. The Morgan fingerprint density at radius 1 is 1.18 bits per heavy atom. The highest BCUT2D eigenvalue weighted by Gasteiger charge is 2.18. The number of furan rings is 1. The predicted molar refractivity (Wildman–Crippen MR) is 106 cm³/mol. The maximum Gasteiger partial charge on any atom is 0.311 e. The van der Waals surface area contributed by atoms with Crippen LogP contribution >= 0.6 is 0 Å². The number of hydrogen-bond acceptors (Lipinski definition) is 5. The number of aryl methyl sites for hydroxylation is 2. The van der Waals surface area contributed by atoms with Crippen molar-refractivity contribution < 1.29 is 13.9 Å². The summed E-state index contributed by atoms with van der Waals surface area (Å²) in [7, 11) is 0. The maximum atomic E-state index is 12.5. The zero-order valence-electron chi connectivity index (χ0n) is 15.9. The molecule has 6 nitrogen and oxygen atoms in total. The number of hydrogen-bond donors (Lipinski definition) is 1. The lowest BCUT2D eigenvalue weighted by Crippen LogP contribution is -2.18. The van der Waals surface area contributed by atoms with Crippen molar-refractivity contribution in [3.05, 3.63) is 75.5 Å². The van der Waals surface area contributed by atoms with E-state index in [2.05, 4.69) is 9.97 Å². The van der Waals surface area contributed by atoms with E-state index in [1.807, 2.05) is 32.0 Å². The third-order valence-electron chi connectivity index (χ3n) is 5.00. The second-order valence-electron chi connectivity index (χ2n) is 6.92. The van der Waals surface area contributed by atoms with Crippen LogP contribution in [-0.2, 0) is 16.0 Å². The molecule has 2 aromatic carbocycles. The predicted octanol–water partition coefficient (Wildman–Crippen LogP) is 4.13. The normalized spacial score (nSPS) is 12.4. The van der Waals surface area contributed by atoms with Gasteiger partial charge < -0.3 is 14.1 Å². The highest BCUT2D eigenvalue weighted by atomic mass is 16.5. The van der Waals surface area contributed by atoms with Crippen LogP contribution in [0.2, 0.25) is 0 Å². The molecule has 0 saturated carbocycles. The molecule has 0 aliphatic carbocycles. The molecule has 4 aromatic rings. The molecule has 1 unspecified atom stereocenters. The summed E-state index contributed by atoms with van der Waals surface area (Å²) in [6, 6.07) is 11.0. The Labute approximate surface area is 161 Å². The number of benzene rings is 2. The first-order chi connectivity index (χ1) is 13.4. The van der Waals surface area contributed by atoms with Crippen molar-refractivity contribution in [3.8, 4) is 0 Å². The molecule has 6 heteroatoms. The largest absolute Gasteiger partial charge is 0.464 e. The van der Waals surface area contributed by atoms with Crippen LogP contribution in [0.4, 0.5) is 0 Å². The monoisotopic (exact) mass is 376 g/mol. The van der Waals surface area contributed by atoms with E-state index in [0.29, 0.717) is 16.7 Å². The molecule has 0 radical (unpaired) electrons. The highest BCUT2D eigenvalue weighted by molar-refractivity contribution is 5.88. The summed E-state index contributed by atoms with van der Waals surface area (Å²) in [5, 5.41) is 1.41. The Bertz CT molecular complexity index is 1250. The summed E-state index contributed by atoms with van der Waals surface area (Å²) < 4.78 is 11.2. The van der Waals surface area contributed by atoms with Crippen molar-refractivity contribution in [3.63, 3.8) is 0 Å². The van der Waals surface area contributed by atoms with E-state index in [1.165, 1.54) is 0 Å². The fraction of sp³-hybridized carbons (Fsp3) is 0.227. The molecule has 0 saturated heterocycles. The second-order valence-corrected chi connectivity index (χ2v) is 6.92. The van der Waals surface area contributed by atoms with Gasteiger partial charge in [-0.1, -0.05) is 24.3 Å². The van der Waals surface area contributed by atoms with Gasteiger partial charge in [0.2, 0.25) is 0 Å². The van der Waals surface area contributed by atoms with Gasteiger partial charge in [-0.15, -0.1) is 0 Å². The number of aromatic amines is 1. The molecule has 2 aromatic heterocycles. The maximum absolute atomic E-state index is 12.5. The van der Waals surface area contributed by atoms with Crippen molar-refractivity contribution in [2.45, 2.75) is 33.3 Å². The van der Waals surface area contributed by atoms with E-state index in [1.54, 1.807) is 31.4 Å². The molecular formula is C22H20N2O4. The number of H-pyrrole nitrogens is 1. The van der Waals surface area contributed by atoms with E-state index in [4.69, 9.17) is 9.15 Å². The number of nitrogens with one attached hydrogen (secondary N) is 1. The number of ether oxygens (including phenoxy) is 1. The molecule has 0 bridgehead atoms. The minimum Gasteiger partial charge on any atom is -0.464 e. The Kier molecular flexibility index (Phi) is 4.47. The van der Waals surface area contributed by atoms with Crippen LogP contribution in [0, 0.1) is 13.8 Å². The van der Waals surface area contributed by atoms with E-state index in [-0.39, 0.29) is 12.0 Å². The van der Waals surface area contributed by atoms with Crippen LogP contribution in [-0.4, -0.2) is 15.9 Å². The van der Waals surface area contributed by atoms with Gasteiger partial charge in [0.15, 0.2) is 11.9 Å². The fourth-order valence-corrected chi connectivity index (χ4v) is 3.27. The fourth-order valence-electron chi connectivity index (χ4n) is 3.27. The third kappa shape index (κ3) is 3.17. The van der Waals surface area contributed by atoms with Crippen molar-refractivity contribution in [1.82, 2.24) is 9.97 Å². The number of carbonyl (C=O) groups excluding carboxylic acids is 1. The zero-order valence-corrected chi connectivity index (χ0v) is 15.9. The number of aromatic nitrogens is 2. The molecule has 0 spiro atoms. The zero-order chi connectivity index (χ0) is 19.8. The topological polar surface area (TPSA) is 85.2 Å². The average molecular weight is 376 g/mol. The molecule has 0 fully saturated rings.